The van der Waals surface area contributed by atoms with Gasteiger partial charge in [-0.1, -0.05) is 13.8 Å². The van der Waals surface area contributed by atoms with E-state index in [1.165, 1.54) is 0 Å². The summed E-state index contributed by atoms with van der Waals surface area (Å²) in [6.45, 7) is 4.65. The molecule has 4 atom stereocenters. The second-order valence-electron chi connectivity index (χ2n) is 4.86. The largest absolute Gasteiger partial charge is 0.396 e. The number of aliphatic hydroxyl groups is 2. The van der Waals surface area contributed by atoms with Crippen molar-refractivity contribution >= 4 is 0 Å². The lowest BCUT2D eigenvalue weighted by Crippen LogP contribution is -2.24. The van der Waals surface area contributed by atoms with E-state index in [1.54, 1.807) is 0 Å². The van der Waals surface area contributed by atoms with Crippen molar-refractivity contribution in [2.75, 3.05) is 6.61 Å². The second kappa shape index (κ2) is 4.97. The average Bonchev–Trinajstić information content (AvgIpc) is 1.99. The van der Waals surface area contributed by atoms with Gasteiger partial charge in [0.2, 0.25) is 0 Å². The summed E-state index contributed by atoms with van der Waals surface area (Å²) in [6.07, 6.45) is 3.82. The molecule has 2 unspecified atom stereocenters. The molecular formula is C11H22O2. The van der Waals surface area contributed by atoms with Crippen LogP contribution >= 0.6 is 0 Å². The first kappa shape index (κ1) is 11.0. The monoisotopic (exact) mass is 186 g/mol. The quantitative estimate of drug-likeness (QED) is 0.655. The highest BCUT2D eigenvalue weighted by atomic mass is 16.3. The number of hydrogen-bond donors (Lipinski definition) is 2. The smallest absolute Gasteiger partial charge is 0.0545 e. The lowest BCUT2D eigenvalue weighted by molar-refractivity contribution is 0.0773. The molecule has 0 radical (unpaired) electrons. The minimum atomic E-state index is -0.121. The average molecular weight is 186 g/mol. The Morgan fingerprint density at radius 3 is 1.85 bits per heavy atom. The molecule has 78 valence electrons. The van der Waals surface area contributed by atoms with Gasteiger partial charge in [0.15, 0.2) is 0 Å². The molecule has 1 aliphatic carbocycles. The summed E-state index contributed by atoms with van der Waals surface area (Å²) in [7, 11) is 0. The first-order valence-corrected chi connectivity index (χ1v) is 5.40. The van der Waals surface area contributed by atoms with E-state index in [4.69, 9.17) is 5.11 Å². The molecule has 0 aromatic rings. The van der Waals surface area contributed by atoms with Crippen LogP contribution in [0.25, 0.3) is 0 Å². The zero-order chi connectivity index (χ0) is 9.84. The maximum absolute atomic E-state index is 9.65. The van der Waals surface area contributed by atoms with E-state index >= 15 is 0 Å². The minimum Gasteiger partial charge on any atom is -0.396 e. The lowest BCUT2D eigenvalue weighted by Gasteiger charge is -2.28. The Morgan fingerprint density at radius 1 is 1.00 bits per heavy atom. The zero-order valence-corrected chi connectivity index (χ0v) is 8.74. The molecule has 1 aliphatic rings. The molecule has 1 saturated carbocycles. The normalized spacial score (nSPS) is 42.5. The molecule has 0 spiro atoms. The fourth-order valence-corrected chi connectivity index (χ4v) is 2.60. The lowest BCUT2D eigenvalue weighted by atomic mass is 9.80. The van der Waals surface area contributed by atoms with Crippen molar-refractivity contribution in [3.63, 3.8) is 0 Å². The van der Waals surface area contributed by atoms with Crippen LogP contribution in [0.4, 0.5) is 0 Å². The molecule has 0 amide bonds. The van der Waals surface area contributed by atoms with E-state index in [-0.39, 0.29) is 6.10 Å². The van der Waals surface area contributed by atoms with E-state index in [0.29, 0.717) is 24.4 Å². The molecule has 0 heterocycles. The molecule has 0 bridgehead atoms. The predicted octanol–water partition coefficient (Wildman–Crippen LogP) is 1.80. The van der Waals surface area contributed by atoms with Gasteiger partial charge in [-0.15, -0.1) is 0 Å². The number of rotatable bonds is 1. The highest BCUT2D eigenvalue weighted by Gasteiger charge is 2.23. The molecular weight excluding hydrogens is 164 g/mol. The summed E-state index contributed by atoms with van der Waals surface area (Å²) in [5.41, 5.74) is 0. The summed E-state index contributed by atoms with van der Waals surface area (Å²) in [4.78, 5) is 0. The predicted molar refractivity (Wildman–Crippen MR) is 53.4 cm³/mol. The summed E-state index contributed by atoms with van der Waals surface area (Å²) >= 11 is 0. The van der Waals surface area contributed by atoms with E-state index in [0.717, 1.165) is 25.7 Å². The molecule has 1 fully saturated rings. The van der Waals surface area contributed by atoms with Gasteiger partial charge in [-0.2, -0.15) is 0 Å². The van der Waals surface area contributed by atoms with Crippen molar-refractivity contribution in [3.8, 4) is 0 Å². The van der Waals surface area contributed by atoms with Gasteiger partial charge in [0, 0.05) is 6.61 Å². The van der Waals surface area contributed by atoms with E-state index in [2.05, 4.69) is 13.8 Å². The molecule has 13 heavy (non-hydrogen) atoms. The second-order valence-corrected chi connectivity index (χ2v) is 4.86. The molecule has 2 N–H and O–H groups in total. The number of aliphatic hydroxyl groups excluding tert-OH is 2. The molecule has 2 heteroatoms. The molecule has 0 saturated heterocycles. The summed E-state index contributed by atoms with van der Waals surface area (Å²) in [5.74, 6) is 1.57. The Labute approximate surface area is 81.0 Å². The van der Waals surface area contributed by atoms with Crippen molar-refractivity contribution in [1.82, 2.24) is 0 Å². The van der Waals surface area contributed by atoms with Gasteiger partial charge in [-0.05, 0) is 43.4 Å². The van der Waals surface area contributed by atoms with E-state index in [9.17, 15) is 5.11 Å². The fourth-order valence-electron chi connectivity index (χ4n) is 2.60. The van der Waals surface area contributed by atoms with Gasteiger partial charge >= 0.3 is 0 Å². The maximum atomic E-state index is 9.65. The van der Waals surface area contributed by atoms with Gasteiger partial charge in [-0.3, -0.25) is 0 Å². The third-order valence-electron chi connectivity index (χ3n) is 3.08. The maximum Gasteiger partial charge on any atom is 0.0545 e. The van der Waals surface area contributed by atoms with Crippen LogP contribution in [0, 0.1) is 17.8 Å². The van der Waals surface area contributed by atoms with Crippen molar-refractivity contribution in [1.29, 1.82) is 0 Å². The fraction of sp³-hybridized carbons (Fsp3) is 1.00. The Balaban J connectivity index is 2.48. The highest BCUT2D eigenvalue weighted by molar-refractivity contribution is 4.74. The summed E-state index contributed by atoms with van der Waals surface area (Å²) in [6, 6.07) is 0. The SMILES string of the molecule is C[C@@H]1CC(O)C[C@H](C)CC(CO)C1. The third kappa shape index (κ3) is 3.65. The van der Waals surface area contributed by atoms with Crippen LogP contribution in [0.5, 0.6) is 0 Å². The van der Waals surface area contributed by atoms with Gasteiger partial charge in [0.05, 0.1) is 6.10 Å². The highest BCUT2D eigenvalue weighted by Crippen LogP contribution is 2.29. The minimum absolute atomic E-state index is 0.121. The van der Waals surface area contributed by atoms with Crippen molar-refractivity contribution in [2.24, 2.45) is 17.8 Å². The van der Waals surface area contributed by atoms with Gasteiger partial charge in [0.1, 0.15) is 0 Å². The van der Waals surface area contributed by atoms with Gasteiger partial charge < -0.3 is 10.2 Å². The first-order valence-electron chi connectivity index (χ1n) is 5.40. The molecule has 0 aromatic heterocycles. The Morgan fingerprint density at radius 2 is 1.46 bits per heavy atom. The summed E-state index contributed by atoms with van der Waals surface area (Å²) in [5, 5.41) is 18.8. The van der Waals surface area contributed by atoms with Crippen LogP contribution < -0.4 is 0 Å². The third-order valence-corrected chi connectivity index (χ3v) is 3.08. The van der Waals surface area contributed by atoms with Crippen LogP contribution in [0.2, 0.25) is 0 Å². The molecule has 2 nitrogen and oxygen atoms in total. The molecule has 0 aliphatic heterocycles. The van der Waals surface area contributed by atoms with Crippen molar-refractivity contribution in [2.45, 2.75) is 45.6 Å². The van der Waals surface area contributed by atoms with Gasteiger partial charge in [-0.25, -0.2) is 0 Å². The molecule has 0 aromatic carbocycles. The first-order chi connectivity index (χ1) is 6.11. The van der Waals surface area contributed by atoms with Crippen molar-refractivity contribution < 1.29 is 10.2 Å². The molecule has 1 rings (SSSR count). The Hall–Kier alpha value is -0.0800. The van der Waals surface area contributed by atoms with E-state index in [1.807, 2.05) is 0 Å². The Kier molecular flexibility index (Phi) is 4.20. The van der Waals surface area contributed by atoms with Crippen LogP contribution in [0.15, 0.2) is 0 Å². The number of hydrogen-bond acceptors (Lipinski definition) is 2. The van der Waals surface area contributed by atoms with Crippen LogP contribution in [0.3, 0.4) is 0 Å². The zero-order valence-electron chi connectivity index (χ0n) is 8.74. The van der Waals surface area contributed by atoms with E-state index < -0.39 is 0 Å². The standard InChI is InChI=1S/C11H22O2/c1-8-3-10(7-12)4-9(2)6-11(13)5-8/h8-13H,3-7H2,1-2H3/t8-,9+,10?,11?. The van der Waals surface area contributed by atoms with Crippen molar-refractivity contribution in [3.05, 3.63) is 0 Å². The van der Waals surface area contributed by atoms with Crippen LogP contribution in [-0.4, -0.2) is 22.9 Å². The topological polar surface area (TPSA) is 40.5 Å². The summed E-state index contributed by atoms with van der Waals surface area (Å²) < 4.78 is 0. The van der Waals surface area contributed by atoms with Crippen LogP contribution in [-0.2, 0) is 0 Å². The van der Waals surface area contributed by atoms with Gasteiger partial charge in [0.25, 0.3) is 0 Å². The van der Waals surface area contributed by atoms with Crippen LogP contribution in [0.1, 0.15) is 39.5 Å². The Bertz CT molecular complexity index is 133.